The number of methoxy groups -OCH3 is 1. The summed E-state index contributed by atoms with van der Waals surface area (Å²) in [4.78, 5) is 0. The summed E-state index contributed by atoms with van der Waals surface area (Å²) < 4.78 is 33.0. The van der Waals surface area contributed by atoms with Crippen LogP contribution in [0.1, 0.15) is 32.6 Å². The van der Waals surface area contributed by atoms with Gasteiger partial charge in [0.25, 0.3) is 10.2 Å². The minimum absolute atomic E-state index is 0.0956. The molecule has 0 spiro atoms. The lowest BCUT2D eigenvalue weighted by Crippen LogP contribution is -2.43. The Hall–Kier alpha value is -0.170. The fourth-order valence-electron chi connectivity index (χ4n) is 1.68. The predicted octanol–water partition coefficient (Wildman–Crippen LogP) is 0.732. The molecule has 6 heteroatoms. The molecular weight excluding hydrogens is 228 g/mol. The SMILES string of the molecule is COC(C)CNS(=O)(=O)N1CCCCCC1. The highest BCUT2D eigenvalue weighted by molar-refractivity contribution is 7.87. The summed E-state index contributed by atoms with van der Waals surface area (Å²) in [6.45, 7) is 3.44. The van der Waals surface area contributed by atoms with Gasteiger partial charge in [-0.05, 0) is 19.8 Å². The maximum absolute atomic E-state index is 11.9. The van der Waals surface area contributed by atoms with Gasteiger partial charge in [0, 0.05) is 26.7 Å². The fraction of sp³-hybridized carbons (Fsp3) is 1.00. The van der Waals surface area contributed by atoms with Crippen LogP contribution in [-0.2, 0) is 14.9 Å². The van der Waals surface area contributed by atoms with Crippen molar-refractivity contribution in [3.63, 3.8) is 0 Å². The van der Waals surface area contributed by atoms with Gasteiger partial charge in [-0.2, -0.15) is 17.4 Å². The van der Waals surface area contributed by atoms with Gasteiger partial charge in [-0.15, -0.1) is 0 Å². The molecule has 1 atom stereocenters. The Morgan fingerprint density at radius 3 is 2.31 bits per heavy atom. The van der Waals surface area contributed by atoms with Crippen LogP contribution in [0.15, 0.2) is 0 Å². The molecule has 1 rings (SSSR count). The van der Waals surface area contributed by atoms with Crippen molar-refractivity contribution in [3.8, 4) is 0 Å². The molecule has 0 aliphatic carbocycles. The molecular formula is C10H22N2O3S. The van der Waals surface area contributed by atoms with Crippen molar-refractivity contribution in [1.82, 2.24) is 9.03 Å². The molecule has 1 saturated heterocycles. The van der Waals surface area contributed by atoms with Crippen molar-refractivity contribution in [3.05, 3.63) is 0 Å². The second-order valence-electron chi connectivity index (χ2n) is 4.21. The van der Waals surface area contributed by atoms with E-state index in [0.717, 1.165) is 25.7 Å². The van der Waals surface area contributed by atoms with Gasteiger partial charge < -0.3 is 4.74 Å². The first-order chi connectivity index (χ1) is 7.56. The summed E-state index contributed by atoms with van der Waals surface area (Å²) in [7, 11) is -1.73. The highest BCUT2D eigenvalue weighted by Gasteiger charge is 2.22. The van der Waals surface area contributed by atoms with Gasteiger partial charge in [-0.25, -0.2) is 0 Å². The van der Waals surface area contributed by atoms with Gasteiger partial charge in [0.1, 0.15) is 0 Å². The summed E-state index contributed by atoms with van der Waals surface area (Å²) in [6, 6.07) is 0. The number of ether oxygens (including phenoxy) is 1. The van der Waals surface area contributed by atoms with E-state index >= 15 is 0 Å². The van der Waals surface area contributed by atoms with Crippen molar-refractivity contribution in [2.24, 2.45) is 0 Å². The van der Waals surface area contributed by atoms with Crippen LogP contribution < -0.4 is 4.72 Å². The zero-order chi connectivity index (χ0) is 12.0. The lowest BCUT2D eigenvalue weighted by molar-refractivity contribution is 0.121. The molecule has 96 valence electrons. The molecule has 0 bridgehead atoms. The van der Waals surface area contributed by atoms with E-state index in [1.54, 1.807) is 11.4 Å². The standard InChI is InChI=1S/C10H22N2O3S/c1-10(15-2)9-11-16(13,14)12-7-5-3-4-6-8-12/h10-11H,3-9H2,1-2H3. The Kier molecular flexibility index (Phi) is 5.68. The number of nitrogens with one attached hydrogen (secondary N) is 1. The average Bonchev–Trinajstić information content (AvgIpc) is 2.54. The van der Waals surface area contributed by atoms with E-state index < -0.39 is 10.2 Å². The van der Waals surface area contributed by atoms with Crippen LogP contribution >= 0.6 is 0 Å². The molecule has 1 N–H and O–H groups in total. The van der Waals surface area contributed by atoms with Crippen LogP contribution in [0.3, 0.4) is 0 Å². The van der Waals surface area contributed by atoms with E-state index in [1.807, 2.05) is 6.92 Å². The first-order valence-corrected chi connectivity index (χ1v) is 7.28. The Morgan fingerprint density at radius 2 is 1.81 bits per heavy atom. The monoisotopic (exact) mass is 250 g/mol. The molecule has 1 aliphatic rings. The van der Waals surface area contributed by atoms with E-state index in [-0.39, 0.29) is 6.10 Å². The first-order valence-electron chi connectivity index (χ1n) is 5.84. The predicted molar refractivity (Wildman–Crippen MR) is 63.4 cm³/mol. The highest BCUT2D eigenvalue weighted by Crippen LogP contribution is 2.12. The van der Waals surface area contributed by atoms with Crippen molar-refractivity contribution in [2.75, 3.05) is 26.7 Å². The van der Waals surface area contributed by atoms with Crippen molar-refractivity contribution < 1.29 is 13.2 Å². The lowest BCUT2D eigenvalue weighted by atomic mass is 10.2. The molecule has 16 heavy (non-hydrogen) atoms. The number of hydrogen-bond acceptors (Lipinski definition) is 3. The van der Waals surface area contributed by atoms with Crippen molar-refractivity contribution in [2.45, 2.75) is 38.7 Å². The molecule has 1 unspecified atom stereocenters. The van der Waals surface area contributed by atoms with Gasteiger partial charge in [-0.3, -0.25) is 0 Å². The zero-order valence-corrected chi connectivity index (χ0v) is 10.9. The van der Waals surface area contributed by atoms with Crippen LogP contribution in [0.25, 0.3) is 0 Å². The van der Waals surface area contributed by atoms with Gasteiger partial charge in [0.05, 0.1) is 6.10 Å². The minimum Gasteiger partial charge on any atom is -0.380 e. The van der Waals surface area contributed by atoms with E-state index in [0.29, 0.717) is 19.6 Å². The lowest BCUT2D eigenvalue weighted by Gasteiger charge is -2.21. The zero-order valence-electron chi connectivity index (χ0n) is 10.1. The van der Waals surface area contributed by atoms with Crippen molar-refractivity contribution >= 4 is 10.2 Å². The maximum Gasteiger partial charge on any atom is 0.279 e. The number of rotatable bonds is 5. The number of nitrogens with zero attached hydrogens (tertiary/aromatic N) is 1. The molecule has 0 aromatic rings. The molecule has 0 amide bonds. The number of hydrogen-bond donors (Lipinski definition) is 1. The van der Waals surface area contributed by atoms with Gasteiger partial charge in [-0.1, -0.05) is 12.8 Å². The summed E-state index contributed by atoms with van der Waals surface area (Å²) in [5.41, 5.74) is 0. The molecule has 0 aromatic carbocycles. The largest absolute Gasteiger partial charge is 0.380 e. The molecule has 5 nitrogen and oxygen atoms in total. The van der Waals surface area contributed by atoms with E-state index in [9.17, 15) is 8.42 Å². The quantitative estimate of drug-likeness (QED) is 0.782. The summed E-state index contributed by atoms with van der Waals surface area (Å²) in [6.07, 6.45) is 4.07. The minimum atomic E-state index is -3.31. The maximum atomic E-state index is 11.9. The van der Waals surface area contributed by atoms with Crippen LogP contribution in [0.5, 0.6) is 0 Å². The summed E-state index contributed by atoms with van der Waals surface area (Å²) in [5.74, 6) is 0. The van der Waals surface area contributed by atoms with Crippen LogP contribution in [-0.4, -0.2) is 45.6 Å². The molecule has 0 radical (unpaired) electrons. The average molecular weight is 250 g/mol. The molecule has 1 fully saturated rings. The Bertz CT molecular complexity index is 284. The molecule has 0 aromatic heterocycles. The molecule has 0 saturated carbocycles. The molecule has 1 heterocycles. The van der Waals surface area contributed by atoms with E-state index in [1.165, 1.54) is 0 Å². The molecule has 1 aliphatic heterocycles. The highest BCUT2D eigenvalue weighted by atomic mass is 32.2. The van der Waals surface area contributed by atoms with Crippen LogP contribution in [0.4, 0.5) is 0 Å². The Balaban J connectivity index is 2.48. The third-order valence-electron chi connectivity index (χ3n) is 2.86. The second-order valence-corrected chi connectivity index (χ2v) is 5.97. The van der Waals surface area contributed by atoms with Gasteiger partial charge in [0.2, 0.25) is 0 Å². The topological polar surface area (TPSA) is 58.6 Å². The summed E-state index contributed by atoms with van der Waals surface area (Å²) >= 11 is 0. The van der Waals surface area contributed by atoms with E-state index in [4.69, 9.17) is 4.74 Å². The first kappa shape index (κ1) is 13.9. The smallest absolute Gasteiger partial charge is 0.279 e. The van der Waals surface area contributed by atoms with Gasteiger partial charge in [0.15, 0.2) is 0 Å². The Labute approximate surface area is 98.3 Å². The van der Waals surface area contributed by atoms with Crippen LogP contribution in [0, 0.1) is 0 Å². The van der Waals surface area contributed by atoms with Crippen LogP contribution in [0.2, 0.25) is 0 Å². The summed E-state index contributed by atoms with van der Waals surface area (Å²) in [5, 5.41) is 0. The second kappa shape index (κ2) is 6.54. The third kappa shape index (κ3) is 4.37. The van der Waals surface area contributed by atoms with Gasteiger partial charge >= 0.3 is 0 Å². The van der Waals surface area contributed by atoms with Crippen molar-refractivity contribution in [1.29, 1.82) is 0 Å². The normalized spacial score (nSPS) is 21.6. The van der Waals surface area contributed by atoms with E-state index in [2.05, 4.69) is 4.72 Å². The fourth-order valence-corrected chi connectivity index (χ4v) is 3.05. The Morgan fingerprint density at radius 1 is 1.25 bits per heavy atom. The third-order valence-corrected chi connectivity index (χ3v) is 4.44.